The molecule has 1 aromatic carbocycles. The minimum absolute atomic E-state index is 0.0735. The lowest BCUT2D eigenvalue weighted by Gasteiger charge is -2.26. The Hall–Kier alpha value is -2.08. The summed E-state index contributed by atoms with van der Waals surface area (Å²) in [5, 5.41) is 9.57. The SMILES string of the molecule is CN=C(NCCCN(C)C)NCC1CC(=O)Nc2ccccc21. The minimum atomic E-state index is 0.0735. The zero-order valence-corrected chi connectivity index (χ0v) is 14.2. The second-order valence-electron chi connectivity index (χ2n) is 6.07. The molecule has 1 aliphatic heterocycles. The Morgan fingerprint density at radius 3 is 2.87 bits per heavy atom. The standard InChI is InChI=1S/C17H27N5O/c1-18-17(19-9-6-10-22(2)3)20-12-13-11-16(23)21-15-8-5-4-7-14(13)15/h4-5,7-8,13H,6,9-12H2,1-3H3,(H,21,23)(H2,18,19,20). The Balaban J connectivity index is 1.86. The third kappa shape index (κ3) is 5.25. The van der Waals surface area contributed by atoms with Crippen molar-refractivity contribution in [1.82, 2.24) is 15.5 Å². The van der Waals surface area contributed by atoms with Crippen molar-refractivity contribution >= 4 is 17.6 Å². The van der Waals surface area contributed by atoms with Gasteiger partial charge in [0.15, 0.2) is 5.96 Å². The van der Waals surface area contributed by atoms with E-state index in [2.05, 4.69) is 46.0 Å². The van der Waals surface area contributed by atoms with Crippen molar-refractivity contribution in [2.45, 2.75) is 18.8 Å². The summed E-state index contributed by atoms with van der Waals surface area (Å²) in [5.74, 6) is 1.02. The van der Waals surface area contributed by atoms with Gasteiger partial charge in [-0.05, 0) is 38.7 Å². The summed E-state index contributed by atoms with van der Waals surface area (Å²) in [7, 11) is 5.90. The number of nitrogens with one attached hydrogen (secondary N) is 3. The fraction of sp³-hybridized carbons (Fsp3) is 0.529. The van der Waals surface area contributed by atoms with Gasteiger partial charge in [-0.3, -0.25) is 9.79 Å². The molecular weight excluding hydrogens is 290 g/mol. The number of fused-ring (bicyclic) bond motifs is 1. The van der Waals surface area contributed by atoms with E-state index in [1.165, 1.54) is 5.56 Å². The molecule has 1 aliphatic rings. The molecule has 6 nitrogen and oxygen atoms in total. The number of aliphatic imine (C=N–C) groups is 1. The lowest BCUT2D eigenvalue weighted by molar-refractivity contribution is -0.116. The number of hydrogen-bond donors (Lipinski definition) is 3. The van der Waals surface area contributed by atoms with Gasteiger partial charge in [0.1, 0.15) is 0 Å². The van der Waals surface area contributed by atoms with Gasteiger partial charge >= 0.3 is 0 Å². The highest BCUT2D eigenvalue weighted by atomic mass is 16.1. The first-order chi connectivity index (χ1) is 11.1. The van der Waals surface area contributed by atoms with E-state index in [4.69, 9.17) is 0 Å². The second-order valence-corrected chi connectivity index (χ2v) is 6.07. The highest BCUT2D eigenvalue weighted by molar-refractivity contribution is 5.94. The average Bonchev–Trinajstić information content (AvgIpc) is 2.53. The van der Waals surface area contributed by atoms with Crippen LogP contribution in [0, 0.1) is 0 Å². The number of nitrogens with zero attached hydrogens (tertiary/aromatic N) is 2. The Bertz CT molecular complexity index is 556. The lowest BCUT2D eigenvalue weighted by atomic mass is 9.90. The number of para-hydroxylation sites is 1. The first-order valence-corrected chi connectivity index (χ1v) is 8.08. The summed E-state index contributed by atoms with van der Waals surface area (Å²) < 4.78 is 0. The van der Waals surface area contributed by atoms with Gasteiger partial charge in [-0.2, -0.15) is 0 Å². The lowest BCUT2D eigenvalue weighted by Crippen LogP contribution is -2.41. The van der Waals surface area contributed by atoms with Gasteiger partial charge < -0.3 is 20.9 Å². The maximum atomic E-state index is 11.8. The predicted octanol–water partition coefficient (Wildman–Crippen LogP) is 1.23. The monoisotopic (exact) mass is 317 g/mol. The number of carbonyl (C=O) groups is 1. The largest absolute Gasteiger partial charge is 0.356 e. The van der Waals surface area contributed by atoms with E-state index in [1.54, 1.807) is 7.05 Å². The van der Waals surface area contributed by atoms with Crippen LogP contribution >= 0.6 is 0 Å². The Labute approximate surface area is 138 Å². The third-order valence-corrected chi connectivity index (χ3v) is 3.92. The fourth-order valence-electron chi connectivity index (χ4n) is 2.73. The maximum Gasteiger partial charge on any atom is 0.225 e. The minimum Gasteiger partial charge on any atom is -0.356 e. The number of anilines is 1. The smallest absolute Gasteiger partial charge is 0.225 e. The van der Waals surface area contributed by atoms with Gasteiger partial charge in [-0.15, -0.1) is 0 Å². The van der Waals surface area contributed by atoms with Gasteiger partial charge in [0.2, 0.25) is 5.91 Å². The number of guanidine groups is 1. The third-order valence-electron chi connectivity index (χ3n) is 3.92. The van der Waals surface area contributed by atoms with E-state index < -0.39 is 0 Å². The quantitative estimate of drug-likeness (QED) is 0.419. The van der Waals surface area contributed by atoms with Crippen LogP contribution in [0.15, 0.2) is 29.3 Å². The van der Waals surface area contributed by atoms with E-state index in [9.17, 15) is 4.79 Å². The van der Waals surface area contributed by atoms with E-state index in [0.717, 1.165) is 31.2 Å². The molecular formula is C17H27N5O. The highest BCUT2D eigenvalue weighted by Gasteiger charge is 2.24. The van der Waals surface area contributed by atoms with Crippen LogP contribution < -0.4 is 16.0 Å². The van der Waals surface area contributed by atoms with Crippen molar-refractivity contribution in [3.63, 3.8) is 0 Å². The van der Waals surface area contributed by atoms with E-state index >= 15 is 0 Å². The topological polar surface area (TPSA) is 68.8 Å². The number of benzene rings is 1. The average molecular weight is 317 g/mol. The van der Waals surface area contributed by atoms with Crippen LogP contribution in [0.3, 0.4) is 0 Å². The van der Waals surface area contributed by atoms with Gasteiger partial charge in [0.05, 0.1) is 0 Å². The molecule has 0 aliphatic carbocycles. The van der Waals surface area contributed by atoms with Crippen molar-refractivity contribution in [1.29, 1.82) is 0 Å². The molecule has 1 heterocycles. The molecule has 0 spiro atoms. The summed E-state index contributed by atoms with van der Waals surface area (Å²) in [4.78, 5) is 18.2. The maximum absolute atomic E-state index is 11.8. The van der Waals surface area contributed by atoms with Crippen molar-refractivity contribution in [2.75, 3.05) is 46.1 Å². The van der Waals surface area contributed by atoms with Crippen LogP contribution in [0.25, 0.3) is 0 Å². The van der Waals surface area contributed by atoms with Crippen molar-refractivity contribution in [3.8, 4) is 0 Å². The Kier molecular flexibility index (Phi) is 6.40. The van der Waals surface area contributed by atoms with Gasteiger partial charge in [0, 0.05) is 38.2 Å². The first-order valence-electron chi connectivity index (χ1n) is 8.08. The number of rotatable bonds is 6. The molecule has 126 valence electrons. The molecule has 1 atom stereocenters. The van der Waals surface area contributed by atoms with Crippen LogP contribution in [-0.2, 0) is 4.79 Å². The molecule has 0 saturated heterocycles. The molecule has 0 bridgehead atoms. The molecule has 0 radical (unpaired) electrons. The summed E-state index contributed by atoms with van der Waals surface area (Å²) in [6.45, 7) is 2.61. The molecule has 23 heavy (non-hydrogen) atoms. The molecule has 6 heteroatoms. The van der Waals surface area contributed by atoms with Crippen LogP contribution in [0.1, 0.15) is 24.3 Å². The fourth-order valence-corrected chi connectivity index (χ4v) is 2.73. The molecule has 1 unspecified atom stereocenters. The normalized spacial score (nSPS) is 17.7. The molecule has 0 fully saturated rings. The Morgan fingerprint density at radius 1 is 1.35 bits per heavy atom. The first kappa shape index (κ1) is 17.3. The van der Waals surface area contributed by atoms with Gasteiger partial charge in [0.25, 0.3) is 0 Å². The zero-order valence-electron chi connectivity index (χ0n) is 14.2. The van der Waals surface area contributed by atoms with Crippen LogP contribution in [-0.4, -0.2) is 57.5 Å². The summed E-state index contributed by atoms with van der Waals surface area (Å²) in [5.41, 5.74) is 2.10. The van der Waals surface area contributed by atoms with Crippen molar-refractivity contribution in [3.05, 3.63) is 29.8 Å². The summed E-state index contributed by atoms with van der Waals surface area (Å²) in [6.07, 6.45) is 1.56. The number of carbonyl (C=O) groups excluding carboxylic acids is 1. The zero-order chi connectivity index (χ0) is 16.7. The molecule has 1 aromatic rings. The van der Waals surface area contributed by atoms with Gasteiger partial charge in [-0.25, -0.2) is 0 Å². The molecule has 0 aromatic heterocycles. The second kappa shape index (κ2) is 8.53. The van der Waals surface area contributed by atoms with Crippen LogP contribution in [0.2, 0.25) is 0 Å². The van der Waals surface area contributed by atoms with E-state index in [0.29, 0.717) is 13.0 Å². The van der Waals surface area contributed by atoms with Gasteiger partial charge in [-0.1, -0.05) is 18.2 Å². The predicted molar refractivity (Wildman–Crippen MR) is 95.0 cm³/mol. The molecule has 0 saturated carbocycles. The van der Waals surface area contributed by atoms with E-state index in [-0.39, 0.29) is 11.8 Å². The molecule has 1 amide bonds. The van der Waals surface area contributed by atoms with Crippen LogP contribution in [0.5, 0.6) is 0 Å². The number of amides is 1. The summed E-state index contributed by atoms with van der Waals surface area (Å²) in [6, 6.07) is 7.99. The summed E-state index contributed by atoms with van der Waals surface area (Å²) >= 11 is 0. The van der Waals surface area contributed by atoms with Crippen molar-refractivity contribution in [2.24, 2.45) is 4.99 Å². The molecule has 3 N–H and O–H groups in total. The Morgan fingerprint density at radius 2 is 2.13 bits per heavy atom. The van der Waals surface area contributed by atoms with Crippen molar-refractivity contribution < 1.29 is 4.79 Å². The number of hydrogen-bond acceptors (Lipinski definition) is 3. The highest BCUT2D eigenvalue weighted by Crippen LogP contribution is 2.31. The molecule has 2 rings (SSSR count). The van der Waals surface area contributed by atoms with E-state index in [1.807, 2.05) is 18.2 Å². The van der Waals surface area contributed by atoms with Crippen LogP contribution in [0.4, 0.5) is 5.69 Å².